The molecule has 7 heteroatoms. The molecule has 10 atom stereocenters. The molecule has 0 radical (unpaired) electrons. The monoisotopic (exact) mass is 530 g/mol. The Morgan fingerprint density at radius 2 is 1.76 bits per heavy atom. The summed E-state index contributed by atoms with van der Waals surface area (Å²) < 4.78 is 5.96. The van der Waals surface area contributed by atoms with Crippen LogP contribution < -0.4 is 11.3 Å². The van der Waals surface area contributed by atoms with Crippen LogP contribution in [0.3, 0.4) is 0 Å². The lowest BCUT2D eigenvalue weighted by Gasteiger charge is -2.69. The average Bonchev–Trinajstić information content (AvgIpc) is 3.10. The van der Waals surface area contributed by atoms with Crippen LogP contribution in [0.25, 0.3) is 0 Å². The van der Waals surface area contributed by atoms with Crippen molar-refractivity contribution in [2.24, 2.45) is 45.8 Å². The fraction of sp³-hybridized carbons (Fsp3) is 0.806. The van der Waals surface area contributed by atoms with Crippen molar-refractivity contribution < 1.29 is 24.5 Å². The molecule has 0 heterocycles. The van der Waals surface area contributed by atoms with Gasteiger partial charge in [0.1, 0.15) is 6.10 Å². The van der Waals surface area contributed by atoms with Gasteiger partial charge in [0.25, 0.3) is 5.91 Å². The summed E-state index contributed by atoms with van der Waals surface area (Å²) in [5, 5.41) is 22.7. The summed E-state index contributed by atoms with van der Waals surface area (Å²) in [4.78, 5) is 25.5. The fourth-order valence-electron chi connectivity index (χ4n) is 9.89. The van der Waals surface area contributed by atoms with E-state index in [4.69, 9.17) is 10.6 Å². The van der Waals surface area contributed by atoms with Crippen LogP contribution in [0.15, 0.2) is 22.8 Å². The Kier molecular flexibility index (Phi) is 7.99. The van der Waals surface area contributed by atoms with Gasteiger partial charge in [0.2, 0.25) is 0 Å². The summed E-state index contributed by atoms with van der Waals surface area (Å²) in [7, 11) is 0. The molecular formula is C31H50N2O5. The first kappa shape index (κ1) is 29.3. The second kappa shape index (κ2) is 10.4. The molecule has 1 amide bonds. The first-order valence-electron chi connectivity index (χ1n) is 14.6. The highest BCUT2D eigenvalue weighted by Gasteiger charge is 2.70. The van der Waals surface area contributed by atoms with Crippen molar-refractivity contribution >= 4 is 11.9 Å². The molecule has 0 aromatic rings. The Balaban J connectivity index is 1.84. The Bertz CT molecular complexity index is 1020. The van der Waals surface area contributed by atoms with Gasteiger partial charge in [0.15, 0.2) is 0 Å². The van der Waals surface area contributed by atoms with Crippen LogP contribution in [-0.4, -0.2) is 40.4 Å². The summed E-state index contributed by atoms with van der Waals surface area (Å²) in [5.41, 5.74) is 4.40. The quantitative estimate of drug-likeness (QED) is 0.103. The van der Waals surface area contributed by atoms with Crippen LogP contribution in [0.1, 0.15) is 99.8 Å². The summed E-state index contributed by atoms with van der Waals surface area (Å²) >= 11 is 0. The number of esters is 1. The van der Waals surface area contributed by atoms with Crippen LogP contribution in [0.5, 0.6) is 0 Å². The minimum Gasteiger partial charge on any atom is -0.458 e. The van der Waals surface area contributed by atoms with Crippen molar-refractivity contribution in [1.82, 2.24) is 5.43 Å². The predicted molar refractivity (Wildman–Crippen MR) is 147 cm³/mol. The number of fused-ring (bicyclic) bond motifs is 5. The van der Waals surface area contributed by atoms with Crippen molar-refractivity contribution in [3.8, 4) is 0 Å². The Morgan fingerprint density at radius 1 is 1.08 bits per heavy atom. The van der Waals surface area contributed by atoms with E-state index in [2.05, 4.69) is 39.2 Å². The first-order chi connectivity index (χ1) is 17.7. The number of nitrogens with one attached hydrogen (secondary N) is 1. The molecule has 4 saturated carbocycles. The van der Waals surface area contributed by atoms with Gasteiger partial charge < -0.3 is 14.9 Å². The molecule has 1 unspecified atom stereocenters. The molecule has 0 aromatic heterocycles. The van der Waals surface area contributed by atoms with E-state index in [1.807, 2.05) is 13.8 Å². The molecule has 0 spiro atoms. The van der Waals surface area contributed by atoms with E-state index in [1.165, 1.54) is 12.5 Å². The second-order valence-electron chi connectivity index (χ2n) is 13.8. The van der Waals surface area contributed by atoms with E-state index < -0.39 is 12.2 Å². The summed E-state index contributed by atoms with van der Waals surface area (Å²) in [5.74, 6) is 5.52. The lowest BCUT2D eigenvalue weighted by Crippen LogP contribution is -2.65. The zero-order valence-corrected chi connectivity index (χ0v) is 24.5. The maximum atomic E-state index is 13.2. The van der Waals surface area contributed by atoms with Gasteiger partial charge in [-0.1, -0.05) is 39.3 Å². The minimum absolute atomic E-state index is 0.0692. The van der Waals surface area contributed by atoms with Crippen molar-refractivity contribution in [3.63, 3.8) is 0 Å². The zero-order chi connectivity index (χ0) is 28.2. The third-order valence-corrected chi connectivity index (χ3v) is 11.7. The predicted octanol–water partition coefficient (Wildman–Crippen LogP) is 4.57. The van der Waals surface area contributed by atoms with E-state index in [9.17, 15) is 19.8 Å². The van der Waals surface area contributed by atoms with Gasteiger partial charge in [-0.05, 0) is 111 Å². The van der Waals surface area contributed by atoms with Gasteiger partial charge in [-0.25, -0.2) is 5.84 Å². The molecule has 0 aromatic carbocycles. The van der Waals surface area contributed by atoms with E-state index >= 15 is 0 Å². The normalized spacial score (nSPS) is 45.3. The number of hydrogen-bond donors (Lipinski definition) is 4. The van der Waals surface area contributed by atoms with Crippen LogP contribution in [0.2, 0.25) is 0 Å². The molecule has 4 aliphatic carbocycles. The van der Waals surface area contributed by atoms with Crippen molar-refractivity contribution in [2.45, 2.75) is 118 Å². The SMILES string of the molecule is CC(=O)O[C@H]1C[C@@]2(C)[C@@H](C[C@@H](O)C3[C@]2(C)CC[C@H]2[C@H](C)[C@H](O)CC[C@]32C)/C1=C(\CCC=C(C)C)C(=O)NN. The van der Waals surface area contributed by atoms with E-state index in [-0.39, 0.29) is 52.0 Å². The Hall–Kier alpha value is -1.70. The van der Waals surface area contributed by atoms with Crippen LogP contribution in [-0.2, 0) is 14.3 Å². The molecule has 38 heavy (non-hydrogen) atoms. The number of aliphatic hydroxyl groups excluding tert-OH is 2. The topological polar surface area (TPSA) is 122 Å². The number of hydrogen-bond acceptors (Lipinski definition) is 6. The molecule has 0 bridgehead atoms. The molecule has 4 rings (SSSR count). The molecule has 0 saturated heterocycles. The summed E-state index contributed by atoms with van der Waals surface area (Å²) in [6.45, 7) is 14.6. The largest absolute Gasteiger partial charge is 0.458 e. The maximum Gasteiger partial charge on any atom is 0.303 e. The molecule has 0 aliphatic heterocycles. The van der Waals surface area contributed by atoms with Crippen LogP contribution in [0, 0.1) is 39.9 Å². The number of carbonyl (C=O) groups excluding carboxylic acids is 2. The number of allylic oxidation sites excluding steroid dienone is 2. The molecule has 5 N–H and O–H groups in total. The van der Waals surface area contributed by atoms with Crippen LogP contribution in [0.4, 0.5) is 0 Å². The molecular weight excluding hydrogens is 480 g/mol. The number of rotatable bonds is 5. The van der Waals surface area contributed by atoms with Crippen LogP contribution >= 0.6 is 0 Å². The smallest absolute Gasteiger partial charge is 0.303 e. The zero-order valence-electron chi connectivity index (χ0n) is 24.5. The van der Waals surface area contributed by atoms with E-state index in [1.54, 1.807) is 0 Å². The maximum absolute atomic E-state index is 13.2. The lowest BCUT2D eigenvalue weighted by molar-refractivity contribution is -0.234. The summed E-state index contributed by atoms with van der Waals surface area (Å²) in [6, 6.07) is 0. The molecule has 7 nitrogen and oxygen atoms in total. The standard InChI is InChI=1S/C31H50N2O5/c1-17(2)9-8-10-20(28(37)33-32)26-22-15-24(36)27-29(5)13-12-23(35)18(3)21(29)11-14-30(27,6)31(22,7)16-25(26)38-19(4)34/h9,18,21-25,27,35-36H,8,10-16,32H2,1-7H3,(H,33,37)/b26-20-/t18-,21-,22-,23+,24+,25-,27?,29-,30-,31-/m0/s1. The molecule has 4 fully saturated rings. The third kappa shape index (κ3) is 4.46. The number of ether oxygens (including phenoxy) is 1. The summed E-state index contributed by atoms with van der Waals surface area (Å²) in [6.07, 6.45) is 6.73. The highest BCUT2D eigenvalue weighted by molar-refractivity contribution is 5.94. The van der Waals surface area contributed by atoms with Gasteiger partial charge in [-0.2, -0.15) is 0 Å². The van der Waals surface area contributed by atoms with Gasteiger partial charge in [-0.15, -0.1) is 0 Å². The average molecular weight is 531 g/mol. The van der Waals surface area contributed by atoms with Crippen molar-refractivity contribution in [2.75, 3.05) is 0 Å². The van der Waals surface area contributed by atoms with Gasteiger partial charge in [-0.3, -0.25) is 15.0 Å². The van der Waals surface area contributed by atoms with Gasteiger partial charge in [0.05, 0.1) is 12.2 Å². The first-order valence-corrected chi connectivity index (χ1v) is 14.6. The Labute approximate surface area is 228 Å². The molecule has 4 aliphatic rings. The van der Waals surface area contributed by atoms with Gasteiger partial charge >= 0.3 is 5.97 Å². The fourth-order valence-corrected chi connectivity index (χ4v) is 9.89. The van der Waals surface area contributed by atoms with E-state index in [0.717, 1.165) is 31.3 Å². The lowest BCUT2D eigenvalue weighted by atomic mass is 9.36. The highest BCUT2D eigenvalue weighted by Crippen LogP contribution is 2.74. The number of carbonyl (C=O) groups is 2. The minimum atomic E-state index is -0.542. The Morgan fingerprint density at radius 3 is 2.37 bits per heavy atom. The van der Waals surface area contributed by atoms with Crippen molar-refractivity contribution in [1.29, 1.82) is 0 Å². The second-order valence-corrected chi connectivity index (χ2v) is 13.8. The highest BCUT2D eigenvalue weighted by atomic mass is 16.5. The van der Waals surface area contributed by atoms with Gasteiger partial charge in [0, 0.05) is 12.5 Å². The third-order valence-electron chi connectivity index (χ3n) is 11.7. The number of nitrogens with two attached hydrogens (primary N) is 1. The number of aliphatic hydroxyl groups is 2. The number of amides is 1. The van der Waals surface area contributed by atoms with Crippen molar-refractivity contribution in [3.05, 3.63) is 22.8 Å². The number of hydrazine groups is 1. The van der Waals surface area contributed by atoms with E-state index in [0.29, 0.717) is 37.2 Å². The molecule has 214 valence electrons.